The van der Waals surface area contributed by atoms with Crippen molar-refractivity contribution in [2.45, 2.75) is 18.6 Å². The average molecular weight is 341 g/mol. The zero-order valence-corrected chi connectivity index (χ0v) is 12.9. The third-order valence-corrected chi connectivity index (χ3v) is 5.71. The first kappa shape index (κ1) is 14.9. The van der Waals surface area contributed by atoms with Crippen LogP contribution in [0.15, 0.2) is 18.3 Å². The first-order valence-electron chi connectivity index (χ1n) is 7.40. The van der Waals surface area contributed by atoms with Crippen molar-refractivity contribution in [3.05, 3.63) is 28.9 Å². The SMILES string of the molecule is O=C(NC1CN2CC[C@H]1C2)c1cc2sc(C(F)(F)F)cc2cn1. The Morgan fingerprint density at radius 2 is 2.17 bits per heavy atom. The van der Waals surface area contributed by atoms with Gasteiger partial charge in [0.05, 0.1) is 0 Å². The van der Waals surface area contributed by atoms with Gasteiger partial charge in [-0.25, -0.2) is 0 Å². The van der Waals surface area contributed by atoms with Crippen LogP contribution < -0.4 is 5.32 Å². The molecule has 4 heterocycles. The third-order valence-electron chi connectivity index (χ3n) is 4.56. The molecule has 0 aliphatic carbocycles. The summed E-state index contributed by atoms with van der Waals surface area (Å²) in [5, 5.41) is 3.37. The molecular formula is C15H14F3N3OS. The average Bonchev–Trinajstić information content (AvgIpc) is 3.20. The molecule has 4 nitrogen and oxygen atoms in total. The van der Waals surface area contributed by atoms with Crippen LogP contribution in [0.4, 0.5) is 13.2 Å². The van der Waals surface area contributed by atoms with E-state index in [4.69, 9.17) is 0 Å². The van der Waals surface area contributed by atoms with Crippen molar-refractivity contribution in [2.75, 3.05) is 19.6 Å². The number of nitrogens with one attached hydrogen (secondary N) is 1. The number of aromatic nitrogens is 1. The van der Waals surface area contributed by atoms with E-state index in [0.29, 0.717) is 27.3 Å². The minimum absolute atomic E-state index is 0.114. The summed E-state index contributed by atoms with van der Waals surface area (Å²) in [6.45, 7) is 2.93. The Hall–Kier alpha value is -1.67. The highest BCUT2D eigenvalue weighted by molar-refractivity contribution is 7.19. The van der Waals surface area contributed by atoms with Crippen molar-refractivity contribution in [1.29, 1.82) is 0 Å². The van der Waals surface area contributed by atoms with Crippen LogP contribution in [0.3, 0.4) is 0 Å². The van der Waals surface area contributed by atoms with Gasteiger partial charge in [-0.05, 0) is 31.0 Å². The summed E-state index contributed by atoms with van der Waals surface area (Å²) in [5.74, 6) is 0.161. The summed E-state index contributed by atoms with van der Waals surface area (Å²) in [4.78, 5) is 18.0. The molecule has 2 aliphatic heterocycles. The standard InChI is InChI=1S/C15H14F3N3OS/c16-15(17,18)13-3-9-5-19-10(4-12(9)23-13)14(22)20-11-7-21-2-1-8(11)6-21/h3-5,8,11H,1-2,6-7H2,(H,20,22)/t8-,11?/m0/s1. The van der Waals surface area contributed by atoms with E-state index in [9.17, 15) is 18.0 Å². The number of pyridine rings is 1. The summed E-state index contributed by atoms with van der Waals surface area (Å²) < 4.78 is 38.7. The number of amides is 1. The van der Waals surface area contributed by atoms with Crippen LogP contribution in [0.1, 0.15) is 21.8 Å². The Kier molecular flexibility index (Phi) is 3.35. The van der Waals surface area contributed by atoms with Crippen molar-refractivity contribution < 1.29 is 18.0 Å². The maximum Gasteiger partial charge on any atom is 0.425 e. The van der Waals surface area contributed by atoms with E-state index in [1.807, 2.05) is 0 Å². The Labute approximate surface area is 134 Å². The zero-order valence-electron chi connectivity index (χ0n) is 12.1. The molecule has 8 heteroatoms. The first-order chi connectivity index (χ1) is 10.9. The van der Waals surface area contributed by atoms with Crippen molar-refractivity contribution in [2.24, 2.45) is 5.92 Å². The van der Waals surface area contributed by atoms with Gasteiger partial charge in [0.25, 0.3) is 5.91 Å². The van der Waals surface area contributed by atoms with Gasteiger partial charge in [0.2, 0.25) is 0 Å². The maximum atomic E-state index is 12.7. The number of thiophene rings is 1. The van der Waals surface area contributed by atoms with Gasteiger partial charge in [0, 0.05) is 35.4 Å². The maximum absolute atomic E-state index is 12.7. The van der Waals surface area contributed by atoms with E-state index in [2.05, 4.69) is 15.2 Å². The number of alkyl halides is 3. The van der Waals surface area contributed by atoms with Gasteiger partial charge in [-0.3, -0.25) is 9.78 Å². The van der Waals surface area contributed by atoms with Crippen LogP contribution in [0.2, 0.25) is 0 Å². The summed E-state index contributed by atoms with van der Waals surface area (Å²) in [6, 6.07) is 2.62. The lowest BCUT2D eigenvalue weighted by atomic mass is 10.00. The molecule has 3 atom stereocenters. The summed E-state index contributed by atoms with van der Waals surface area (Å²) in [5.41, 5.74) is 0.172. The van der Waals surface area contributed by atoms with E-state index in [-0.39, 0.29) is 17.6 Å². The number of carbonyl (C=O) groups is 1. The molecular weight excluding hydrogens is 327 g/mol. The summed E-state index contributed by atoms with van der Waals surface area (Å²) >= 11 is 0.637. The minimum Gasteiger partial charge on any atom is -0.346 e. The fourth-order valence-electron chi connectivity index (χ4n) is 3.39. The number of carbonyl (C=O) groups excluding carboxylic acids is 1. The van der Waals surface area contributed by atoms with Crippen LogP contribution in [-0.2, 0) is 6.18 Å². The second-order valence-electron chi connectivity index (χ2n) is 6.10. The molecule has 2 bridgehead atoms. The van der Waals surface area contributed by atoms with E-state index in [1.54, 1.807) is 0 Å². The van der Waals surface area contributed by atoms with Crippen molar-refractivity contribution in [3.63, 3.8) is 0 Å². The lowest BCUT2D eigenvalue weighted by Crippen LogP contribution is -2.43. The fourth-order valence-corrected chi connectivity index (χ4v) is 4.33. The van der Waals surface area contributed by atoms with E-state index in [0.717, 1.165) is 32.1 Å². The summed E-state index contributed by atoms with van der Waals surface area (Å²) in [6.07, 6.45) is -1.96. The van der Waals surface area contributed by atoms with Gasteiger partial charge < -0.3 is 10.2 Å². The number of hydrogen-bond acceptors (Lipinski definition) is 4. The van der Waals surface area contributed by atoms with Crippen LogP contribution in [0.25, 0.3) is 10.1 Å². The van der Waals surface area contributed by atoms with Crippen LogP contribution in [-0.4, -0.2) is 41.5 Å². The summed E-state index contributed by atoms with van der Waals surface area (Å²) in [7, 11) is 0. The van der Waals surface area contributed by atoms with Crippen molar-refractivity contribution in [3.8, 4) is 0 Å². The highest BCUT2D eigenvalue weighted by Gasteiger charge is 2.39. The van der Waals surface area contributed by atoms with Gasteiger partial charge >= 0.3 is 6.18 Å². The van der Waals surface area contributed by atoms with Crippen LogP contribution >= 0.6 is 11.3 Å². The van der Waals surface area contributed by atoms with E-state index >= 15 is 0 Å². The second kappa shape index (κ2) is 5.17. The molecule has 0 saturated carbocycles. The molecule has 2 unspecified atom stereocenters. The molecule has 0 spiro atoms. The van der Waals surface area contributed by atoms with Gasteiger partial charge in [0.15, 0.2) is 0 Å². The molecule has 23 heavy (non-hydrogen) atoms. The Morgan fingerprint density at radius 3 is 2.83 bits per heavy atom. The number of hydrogen-bond donors (Lipinski definition) is 1. The molecule has 0 radical (unpaired) electrons. The molecule has 0 aromatic carbocycles. The number of rotatable bonds is 2. The van der Waals surface area contributed by atoms with E-state index in [1.165, 1.54) is 12.3 Å². The Morgan fingerprint density at radius 1 is 1.35 bits per heavy atom. The number of piperidine rings is 1. The van der Waals surface area contributed by atoms with Crippen LogP contribution in [0, 0.1) is 5.92 Å². The van der Waals surface area contributed by atoms with Crippen LogP contribution in [0.5, 0.6) is 0 Å². The van der Waals surface area contributed by atoms with Gasteiger partial charge in [-0.1, -0.05) is 0 Å². The highest BCUT2D eigenvalue weighted by Crippen LogP contribution is 2.38. The van der Waals surface area contributed by atoms with Crippen molar-refractivity contribution >= 4 is 27.3 Å². The lowest BCUT2D eigenvalue weighted by Gasteiger charge is -2.22. The topological polar surface area (TPSA) is 45.2 Å². The number of fused-ring (bicyclic) bond motifs is 3. The fraction of sp³-hybridized carbons (Fsp3) is 0.467. The Bertz CT molecular complexity index is 773. The largest absolute Gasteiger partial charge is 0.425 e. The highest BCUT2D eigenvalue weighted by atomic mass is 32.1. The molecule has 1 amide bonds. The molecule has 2 fully saturated rings. The van der Waals surface area contributed by atoms with Gasteiger partial charge in [-0.15, -0.1) is 11.3 Å². The molecule has 2 aromatic rings. The third kappa shape index (κ3) is 2.70. The minimum atomic E-state index is -4.37. The molecule has 4 rings (SSSR count). The first-order valence-corrected chi connectivity index (χ1v) is 8.22. The lowest BCUT2D eigenvalue weighted by molar-refractivity contribution is -0.134. The molecule has 2 saturated heterocycles. The number of nitrogens with zero attached hydrogens (tertiary/aromatic N) is 2. The zero-order chi connectivity index (χ0) is 16.2. The molecule has 122 valence electrons. The number of halogens is 3. The van der Waals surface area contributed by atoms with Crippen molar-refractivity contribution in [1.82, 2.24) is 15.2 Å². The monoisotopic (exact) mass is 341 g/mol. The Balaban J connectivity index is 1.55. The second-order valence-corrected chi connectivity index (χ2v) is 7.19. The normalized spacial score (nSPS) is 26.8. The predicted molar refractivity (Wildman–Crippen MR) is 80.4 cm³/mol. The smallest absolute Gasteiger partial charge is 0.346 e. The predicted octanol–water partition coefficient (Wildman–Crippen LogP) is 2.75. The molecule has 2 aromatic heterocycles. The molecule has 1 N–H and O–H groups in total. The van der Waals surface area contributed by atoms with E-state index < -0.39 is 11.1 Å². The molecule has 2 aliphatic rings. The van der Waals surface area contributed by atoms with Gasteiger partial charge in [0.1, 0.15) is 10.6 Å². The van der Waals surface area contributed by atoms with Gasteiger partial charge in [-0.2, -0.15) is 13.2 Å². The quantitative estimate of drug-likeness (QED) is 0.914.